The Labute approximate surface area is 75.2 Å². The van der Waals surface area contributed by atoms with Crippen LogP contribution in [0.1, 0.15) is 13.3 Å². The van der Waals surface area contributed by atoms with Gasteiger partial charge in [-0.15, -0.1) is 0 Å². The van der Waals surface area contributed by atoms with Crippen LogP contribution in [0.5, 0.6) is 0 Å². The Morgan fingerprint density at radius 2 is 2.25 bits per heavy atom. The van der Waals surface area contributed by atoms with E-state index < -0.39 is 0 Å². The largest absolute Gasteiger partial charge is 0.378 e. The molecule has 0 amide bonds. The topological polar surface area (TPSA) is 6.48 Å². The van der Waals surface area contributed by atoms with E-state index in [1.807, 2.05) is 0 Å². The summed E-state index contributed by atoms with van der Waals surface area (Å²) in [5.41, 5.74) is 1.31. The molecule has 1 aliphatic rings. The summed E-state index contributed by atoms with van der Waals surface area (Å²) in [6, 6.07) is 0. The maximum Gasteiger partial charge on any atom is 0.0376 e. The molecule has 1 heterocycles. The van der Waals surface area contributed by atoms with E-state index in [-0.39, 0.29) is 0 Å². The standard InChI is InChI=1S/C10H18N2/c1-4-7-12-8-5-10(6-9-12)11(2)3/h5-6,8H,4,7,9H2,1-3H3. The van der Waals surface area contributed by atoms with Crippen LogP contribution in [-0.2, 0) is 0 Å². The molecule has 0 aromatic heterocycles. The molecule has 0 fully saturated rings. The molecule has 0 atom stereocenters. The second-order valence-electron chi connectivity index (χ2n) is 3.33. The number of hydrogen-bond donors (Lipinski definition) is 0. The number of rotatable bonds is 3. The van der Waals surface area contributed by atoms with Crippen LogP contribution in [0.4, 0.5) is 0 Å². The third-order valence-corrected chi connectivity index (χ3v) is 2.02. The fraction of sp³-hybridized carbons (Fsp3) is 0.600. The molecule has 12 heavy (non-hydrogen) atoms. The van der Waals surface area contributed by atoms with Crippen molar-refractivity contribution >= 4 is 0 Å². The van der Waals surface area contributed by atoms with Gasteiger partial charge < -0.3 is 9.80 Å². The normalized spacial score (nSPS) is 16.2. The minimum absolute atomic E-state index is 1.05. The summed E-state index contributed by atoms with van der Waals surface area (Å²) < 4.78 is 0. The van der Waals surface area contributed by atoms with E-state index in [1.165, 1.54) is 12.1 Å². The minimum Gasteiger partial charge on any atom is -0.378 e. The highest BCUT2D eigenvalue weighted by atomic mass is 15.1. The van der Waals surface area contributed by atoms with E-state index in [0.29, 0.717) is 0 Å². The van der Waals surface area contributed by atoms with Gasteiger partial charge in [0.25, 0.3) is 0 Å². The molecule has 0 saturated carbocycles. The van der Waals surface area contributed by atoms with Crippen molar-refractivity contribution in [3.63, 3.8) is 0 Å². The van der Waals surface area contributed by atoms with E-state index in [0.717, 1.165) is 13.1 Å². The molecule has 0 bridgehead atoms. The van der Waals surface area contributed by atoms with Crippen LogP contribution in [0.15, 0.2) is 24.0 Å². The van der Waals surface area contributed by atoms with E-state index >= 15 is 0 Å². The highest BCUT2D eigenvalue weighted by Gasteiger charge is 2.03. The van der Waals surface area contributed by atoms with Gasteiger partial charge in [0, 0.05) is 39.1 Å². The van der Waals surface area contributed by atoms with Crippen molar-refractivity contribution in [2.45, 2.75) is 13.3 Å². The zero-order chi connectivity index (χ0) is 8.97. The Morgan fingerprint density at radius 3 is 2.67 bits per heavy atom. The lowest BCUT2D eigenvalue weighted by atomic mass is 10.2. The second-order valence-corrected chi connectivity index (χ2v) is 3.33. The summed E-state index contributed by atoms with van der Waals surface area (Å²) >= 11 is 0. The van der Waals surface area contributed by atoms with Crippen molar-refractivity contribution in [2.75, 3.05) is 27.2 Å². The summed E-state index contributed by atoms with van der Waals surface area (Å²) in [7, 11) is 4.15. The number of allylic oxidation sites excluding steroid dienone is 1. The molecule has 0 aromatic rings. The first-order chi connectivity index (χ1) is 5.74. The van der Waals surface area contributed by atoms with E-state index in [9.17, 15) is 0 Å². The number of hydrogen-bond acceptors (Lipinski definition) is 2. The molecular weight excluding hydrogens is 148 g/mol. The SMILES string of the molecule is CCCN1C=CC(N(C)C)=CC1. The third kappa shape index (κ3) is 2.29. The predicted molar refractivity (Wildman–Crippen MR) is 52.8 cm³/mol. The van der Waals surface area contributed by atoms with E-state index in [2.05, 4.69) is 49.2 Å². The van der Waals surface area contributed by atoms with Crippen molar-refractivity contribution in [2.24, 2.45) is 0 Å². The number of likely N-dealkylation sites (N-methyl/N-ethyl adjacent to an activating group) is 1. The van der Waals surface area contributed by atoms with Crippen molar-refractivity contribution in [1.82, 2.24) is 9.80 Å². The van der Waals surface area contributed by atoms with Gasteiger partial charge >= 0.3 is 0 Å². The Balaban J connectivity index is 2.44. The van der Waals surface area contributed by atoms with Crippen LogP contribution >= 0.6 is 0 Å². The lowest BCUT2D eigenvalue weighted by Crippen LogP contribution is -2.23. The summed E-state index contributed by atoms with van der Waals surface area (Å²) in [5.74, 6) is 0. The van der Waals surface area contributed by atoms with Crippen LogP contribution in [0.25, 0.3) is 0 Å². The fourth-order valence-electron chi connectivity index (χ4n) is 1.31. The van der Waals surface area contributed by atoms with Crippen LogP contribution in [-0.4, -0.2) is 37.0 Å². The predicted octanol–water partition coefficient (Wildman–Crippen LogP) is 1.67. The summed E-state index contributed by atoms with van der Waals surface area (Å²) in [6.45, 7) is 4.42. The molecule has 1 rings (SSSR count). The first-order valence-corrected chi connectivity index (χ1v) is 4.53. The van der Waals surface area contributed by atoms with Gasteiger partial charge in [-0.2, -0.15) is 0 Å². The summed E-state index contributed by atoms with van der Waals surface area (Å²) in [4.78, 5) is 4.47. The molecule has 68 valence electrons. The fourth-order valence-corrected chi connectivity index (χ4v) is 1.31. The highest BCUT2D eigenvalue weighted by Crippen LogP contribution is 2.08. The van der Waals surface area contributed by atoms with Gasteiger partial charge in [0.15, 0.2) is 0 Å². The maximum absolute atomic E-state index is 2.33. The Kier molecular flexibility index (Phi) is 3.20. The highest BCUT2D eigenvalue weighted by molar-refractivity contribution is 5.20. The monoisotopic (exact) mass is 166 g/mol. The summed E-state index contributed by atoms with van der Waals surface area (Å²) in [6.07, 6.45) is 7.82. The Bertz CT molecular complexity index is 192. The van der Waals surface area contributed by atoms with Crippen LogP contribution < -0.4 is 0 Å². The first kappa shape index (κ1) is 9.17. The molecule has 0 N–H and O–H groups in total. The van der Waals surface area contributed by atoms with Crippen LogP contribution in [0, 0.1) is 0 Å². The van der Waals surface area contributed by atoms with Gasteiger partial charge in [-0.1, -0.05) is 6.92 Å². The molecule has 2 heteroatoms. The van der Waals surface area contributed by atoms with Crippen molar-refractivity contribution in [3.05, 3.63) is 24.0 Å². The number of nitrogens with zero attached hydrogens (tertiary/aromatic N) is 2. The second kappa shape index (κ2) is 4.19. The molecule has 1 aliphatic heterocycles. The summed E-state index contributed by atoms with van der Waals surface area (Å²) in [5, 5.41) is 0. The Morgan fingerprint density at radius 1 is 1.50 bits per heavy atom. The van der Waals surface area contributed by atoms with Crippen LogP contribution in [0.3, 0.4) is 0 Å². The van der Waals surface area contributed by atoms with E-state index in [4.69, 9.17) is 0 Å². The van der Waals surface area contributed by atoms with Crippen molar-refractivity contribution in [3.8, 4) is 0 Å². The molecule has 0 saturated heterocycles. The smallest absolute Gasteiger partial charge is 0.0376 e. The zero-order valence-corrected chi connectivity index (χ0v) is 8.25. The molecule has 0 spiro atoms. The lowest BCUT2D eigenvalue weighted by molar-refractivity contribution is 0.398. The Hall–Kier alpha value is -0.920. The molecule has 2 nitrogen and oxygen atoms in total. The van der Waals surface area contributed by atoms with Gasteiger partial charge in [0.05, 0.1) is 0 Å². The van der Waals surface area contributed by atoms with Crippen molar-refractivity contribution < 1.29 is 0 Å². The van der Waals surface area contributed by atoms with Gasteiger partial charge in [-0.3, -0.25) is 0 Å². The molecule has 0 aliphatic carbocycles. The minimum atomic E-state index is 1.05. The molecular formula is C10H18N2. The van der Waals surface area contributed by atoms with Gasteiger partial charge in [0.2, 0.25) is 0 Å². The van der Waals surface area contributed by atoms with Crippen LogP contribution in [0.2, 0.25) is 0 Å². The zero-order valence-electron chi connectivity index (χ0n) is 8.25. The third-order valence-electron chi connectivity index (χ3n) is 2.02. The van der Waals surface area contributed by atoms with Crippen molar-refractivity contribution in [1.29, 1.82) is 0 Å². The molecule has 0 unspecified atom stereocenters. The lowest BCUT2D eigenvalue weighted by Gasteiger charge is -2.24. The molecule has 0 radical (unpaired) electrons. The van der Waals surface area contributed by atoms with Gasteiger partial charge in [-0.05, 0) is 18.6 Å². The maximum atomic E-state index is 2.33. The first-order valence-electron chi connectivity index (χ1n) is 4.53. The average molecular weight is 166 g/mol. The van der Waals surface area contributed by atoms with Gasteiger partial charge in [-0.25, -0.2) is 0 Å². The quantitative estimate of drug-likeness (QED) is 0.629. The van der Waals surface area contributed by atoms with Gasteiger partial charge in [0.1, 0.15) is 0 Å². The average Bonchev–Trinajstić information content (AvgIpc) is 2.06. The van der Waals surface area contributed by atoms with E-state index in [1.54, 1.807) is 0 Å². The molecule has 0 aromatic carbocycles.